The van der Waals surface area contributed by atoms with Crippen LogP contribution in [0.3, 0.4) is 0 Å². The fourth-order valence-electron chi connectivity index (χ4n) is 1.64. The van der Waals surface area contributed by atoms with E-state index < -0.39 is 0 Å². The molecule has 0 aliphatic rings. The number of amides is 1. The SMILES string of the molecule is CCCNCCNC(=O)c1ccc2nccnc2n1. The zero-order valence-corrected chi connectivity index (χ0v) is 10.9. The highest BCUT2D eigenvalue weighted by atomic mass is 16.1. The summed E-state index contributed by atoms with van der Waals surface area (Å²) >= 11 is 0. The molecular weight excluding hydrogens is 242 g/mol. The van der Waals surface area contributed by atoms with Crippen LogP contribution >= 0.6 is 0 Å². The Balaban J connectivity index is 1.93. The monoisotopic (exact) mass is 259 g/mol. The van der Waals surface area contributed by atoms with Crippen molar-refractivity contribution in [2.24, 2.45) is 0 Å². The highest BCUT2D eigenvalue weighted by Crippen LogP contribution is 2.05. The molecule has 2 N–H and O–H groups in total. The van der Waals surface area contributed by atoms with Crippen LogP contribution in [0.25, 0.3) is 11.2 Å². The van der Waals surface area contributed by atoms with E-state index in [9.17, 15) is 4.79 Å². The predicted molar refractivity (Wildman–Crippen MR) is 72.8 cm³/mol. The smallest absolute Gasteiger partial charge is 0.270 e. The van der Waals surface area contributed by atoms with Crippen molar-refractivity contribution in [1.82, 2.24) is 25.6 Å². The zero-order chi connectivity index (χ0) is 13.5. The van der Waals surface area contributed by atoms with Gasteiger partial charge < -0.3 is 10.6 Å². The van der Waals surface area contributed by atoms with Gasteiger partial charge in [-0.2, -0.15) is 0 Å². The Labute approximate surface area is 111 Å². The number of hydrogen-bond donors (Lipinski definition) is 2. The molecule has 2 heterocycles. The molecule has 2 rings (SSSR count). The lowest BCUT2D eigenvalue weighted by Gasteiger charge is -2.06. The Morgan fingerprint density at radius 3 is 2.84 bits per heavy atom. The summed E-state index contributed by atoms with van der Waals surface area (Å²) in [6.45, 7) is 4.40. The van der Waals surface area contributed by atoms with Crippen molar-refractivity contribution in [2.75, 3.05) is 19.6 Å². The third kappa shape index (κ3) is 3.69. The fraction of sp³-hybridized carbons (Fsp3) is 0.385. The maximum absolute atomic E-state index is 11.9. The van der Waals surface area contributed by atoms with Crippen LogP contribution in [0.4, 0.5) is 0 Å². The third-order valence-electron chi connectivity index (χ3n) is 2.58. The number of aromatic nitrogens is 3. The lowest BCUT2D eigenvalue weighted by Crippen LogP contribution is -2.32. The molecule has 0 bridgehead atoms. The Hall–Kier alpha value is -2.08. The van der Waals surface area contributed by atoms with Gasteiger partial charge in [-0.1, -0.05) is 6.92 Å². The molecule has 0 atom stereocenters. The van der Waals surface area contributed by atoms with Gasteiger partial charge in [-0.25, -0.2) is 9.97 Å². The van der Waals surface area contributed by atoms with Crippen LogP contribution in [-0.2, 0) is 0 Å². The van der Waals surface area contributed by atoms with Crippen LogP contribution in [0.1, 0.15) is 23.8 Å². The minimum absolute atomic E-state index is 0.189. The summed E-state index contributed by atoms with van der Waals surface area (Å²) in [5.74, 6) is -0.189. The third-order valence-corrected chi connectivity index (χ3v) is 2.58. The summed E-state index contributed by atoms with van der Waals surface area (Å²) in [6.07, 6.45) is 4.24. The second-order valence-electron chi connectivity index (χ2n) is 4.10. The van der Waals surface area contributed by atoms with Crippen LogP contribution in [0.15, 0.2) is 24.5 Å². The standard InChI is InChI=1S/C13H17N5O/c1-2-5-14-6-7-17-13(19)11-4-3-10-12(18-11)16-9-8-15-10/h3-4,8-9,14H,2,5-7H2,1H3,(H,17,19). The molecule has 0 saturated carbocycles. The highest BCUT2D eigenvalue weighted by Gasteiger charge is 2.07. The van der Waals surface area contributed by atoms with E-state index in [1.54, 1.807) is 24.5 Å². The van der Waals surface area contributed by atoms with Gasteiger partial charge in [0.25, 0.3) is 5.91 Å². The Bertz CT molecular complexity index is 557. The van der Waals surface area contributed by atoms with Crippen LogP contribution in [-0.4, -0.2) is 40.5 Å². The van der Waals surface area contributed by atoms with Crippen molar-refractivity contribution in [2.45, 2.75) is 13.3 Å². The lowest BCUT2D eigenvalue weighted by atomic mass is 10.3. The number of carbonyl (C=O) groups is 1. The van der Waals surface area contributed by atoms with Crippen molar-refractivity contribution in [3.05, 3.63) is 30.2 Å². The number of nitrogens with zero attached hydrogens (tertiary/aromatic N) is 3. The van der Waals surface area contributed by atoms with Gasteiger partial charge in [0.2, 0.25) is 0 Å². The first-order valence-corrected chi connectivity index (χ1v) is 6.38. The van der Waals surface area contributed by atoms with E-state index in [2.05, 4.69) is 32.5 Å². The predicted octanol–water partition coefficient (Wildman–Crippen LogP) is 0.754. The second kappa shape index (κ2) is 6.75. The summed E-state index contributed by atoms with van der Waals surface area (Å²) in [7, 11) is 0. The van der Waals surface area contributed by atoms with Gasteiger partial charge in [-0.3, -0.25) is 9.78 Å². The molecule has 19 heavy (non-hydrogen) atoms. The first-order chi connectivity index (χ1) is 9.31. The fourth-order valence-corrected chi connectivity index (χ4v) is 1.64. The average molecular weight is 259 g/mol. The summed E-state index contributed by atoms with van der Waals surface area (Å²) in [6, 6.07) is 3.41. The molecule has 1 amide bonds. The van der Waals surface area contributed by atoms with Gasteiger partial charge in [0.05, 0.1) is 0 Å². The van der Waals surface area contributed by atoms with Crippen LogP contribution in [0, 0.1) is 0 Å². The Kier molecular flexibility index (Phi) is 4.74. The summed E-state index contributed by atoms with van der Waals surface area (Å²) in [5, 5.41) is 6.02. The van der Waals surface area contributed by atoms with E-state index in [-0.39, 0.29) is 5.91 Å². The number of carbonyl (C=O) groups excluding carboxylic acids is 1. The second-order valence-corrected chi connectivity index (χ2v) is 4.10. The Morgan fingerprint density at radius 2 is 2.00 bits per heavy atom. The van der Waals surface area contributed by atoms with E-state index in [4.69, 9.17) is 0 Å². The maximum Gasteiger partial charge on any atom is 0.270 e. The van der Waals surface area contributed by atoms with Gasteiger partial charge in [0, 0.05) is 25.5 Å². The summed E-state index contributed by atoms with van der Waals surface area (Å²) in [5.41, 5.74) is 1.53. The quantitative estimate of drug-likeness (QED) is 0.748. The molecule has 0 radical (unpaired) electrons. The van der Waals surface area contributed by atoms with E-state index in [0.29, 0.717) is 23.4 Å². The van der Waals surface area contributed by atoms with Crippen LogP contribution in [0.2, 0.25) is 0 Å². The molecule has 0 aromatic carbocycles. The molecule has 100 valence electrons. The minimum Gasteiger partial charge on any atom is -0.349 e. The van der Waals surface area contributed by atoms with E-state index in [1.165, 1.54) is 0 Å². The van der Waals surface area contributed by atoms with Crippen molar-refractivity contribution >= 4 is 17.1 Å². The van der Waals surface area contributed by atoms with Crippen LogP contribution < -0.4 is 10.6 Å². The molecule has 0 spiro atoms. The normalized spacial score (nSPS) is 10.6. The molecule has 0 fully saturated rings. The van der Waals surface area contributed by atoms with Gasteiger partial charge in [0.1, 0.15) is 11.2 Å². The molecule has 2 aromatic heterocycles. The lowest BCUT2D eigenvalue weighted by molar-refractivity contribution is 0.0949. The zero-order valence-electron chi connectivity index (χ0n) is 10.9. The molecular formula is C13H17N5O. The van der Waals surface area contributed by atoms with Crippen LogP contribution in [0.5, 0.6) is 0 Å². The number of rotatable bonds is 6. The molecule has 6 nitrogen and oxygen atoms in total. The topological polar surface area (TPSA) is 79.8 Å². The molecule has 0 unspecified atom stereocenters. The number of pyridine rings is 1. The highest BCUT2D eigenvalue weighted by molar-refractivity contribution is 5.93. The van der Waals surface area contributed by atoms with Crippen molar-refractivity contribution in [1.29, 1.82) is 0 Å². The number of fused-ring (bicyclic) bond motifs is 1. The molecule has 6 heteroatoms. The molecule has 0 aliphatic heterocycles. The van der Waals surface area contributed by atoms with E-state index in [1.807, 2.05) is 0 Å². The average Bonchev–Trinajstić information content (AvgIpc) is 2.46. The van der Waals surface area contributed by atoms with Crippen molar-refractivity contribution in [3.8, 4) is 0 Å². The van der Waals surface area contributed by atoms with Crippen molar-refractivity contribution in [3.63, 3.8) is 0 Å². The van der Waals surface area contributed by atoms with Gasteiger partial charge >= 0.3 is 0 Å². The first-order valence-electron chi connectivity index (χ1n) is 6.38. The number of nitrogens with one attached hydrogen (secondary N) is 2. The van der Waals surface area contributed by atoms with Gasteiger partial charge in [-0.05, 0) is 25.1 Å². The largest absolute Gasteiger partial charge is 0.349 e. The van der Waals surface area contributed by atoms with Crippen molar-refractivity contribution < 1.29 is 4.79 Å². The van der Waals surface area contributed by atoms with Gasteiger partial charge in [-0.15, -0.1) is 0 Å². The molecule has 2 aromatic rings. The van der Waals surface area contributed by atoms with E-state index >= 15 is 0 Å². The maximum atomic E-state index is 11.9. The summed E-state index contributed by atoms with van der Waals surface area (Å²) < 4.78 is 0. The Morgan fingerprint density at radius 1 is 1.16 bits per heavy atom. The molecule has 0 saturated heterocycles. The van der Waals surface area contributed by atoms with E-state index in [0.717, 1.165) is 19.5 Å². The van der Waals surface area contributed by atoms with Gasteiger partial charge in [0.15, 0.2) is 5.65 Å². The minimum atomic E-state index is -0.189. The first kappa shape index (κ1) is 13.4. The molecule has 0 aliphatic carbocycles. The number of hydrogen-bond acceptors (Lipinski definition) is 5. The summed E-state index contributed by atoms with van der Waals surface area (Å²) in [4.78, 5) is 24.2.